The van der Waals surface area contributed by atoms with E-state index in [4.69, 9.17) is 0 Å². The number of rotatable bonds is 4. The van der Waals surface area contributed by atoms with Crippen molar-refractivity contribution in [3.05, 3.63) is 210 Å². The molecule has 1 atom stereocenters. The maximum absolute atomic E-state index is 2.51. The summed E-state index contributed by atoms with van der Waals surface area (Å²) in [5, 5.41) is 2.60. The highest BCUT2D eigenvalue weighted by molar-refractivity contribution is 6.13. The quantitative estimate of drug-likeness (QED) is 0.179. The van der Waals surface area contributed by atoms with Crippen molar-refractivity contribution in [2.24, 2.45) is 0 Å². The molecule has 2 aliphatic carbocycles. The summed E-state index contributed by atoms with van der Waals surface area (Å²) in [6, 6.07) is 67.5. The first-order valence-electron chi connectivity index (χ1n) is 17.9. The van der Waals surface area contributed by atoms with Gasteiger partial charge in [0.15, 0.2) is 0 Å². The molecule has 0 fully saturated rings. The van der Waals surface area contributed by atoms with Crippen molar-refractivity contribution in [3.63, 3.8) is 0 Å². The molecule has 238 valence electrons. The Morgan fingerprint density at radius 3 is 1.90 bits per heavy atom. The van der Waals surface area contributed by atoms with Gasteiger partial charge in [-0.15, -0.1) is 0 Å². The van der Waals surface area contributed by atoms with Gasteiger partial charge in [-0.1, -0.05) is 152 Å². The zero-order valence-corrected chi connectivity index (χ0v) is 28.1. The van der Waals surface area contributed by atoms with Gasteiger partial charge >= 0.3 is 0 Å². The highest BCUT2D eigenvalue weighted by atomic mass is 15.0. The van der Waals surface area contributed by atoms with E-state index in [-0.39, 0.29) is 5.92 Å². The van der Waals surface area contributed by atoms with Crippen molar-refractivity contribution in [2.75, 3.05) is 0 Å². The molecule has 1 nitrogen and oxygen atoms in total. The lowest BCUT2D eigenvalue weighted by atomic mass is 9.89. The summed E-state index contributed by atoms with van der Waals surface area (Å²) in [5.74, 6) is 0.256. The SMILES string of the molecule is c1ccc(-c2ccc(-n3c4ccc(-c5ccc6c(c5)-c5ccccc5C6c5ccccc5)cc4c4ccc5c(c43)Cc3ccccc3-5)cc2)cc1. The molecule has 0 radical (unpaired) electrons. The molecule has 0 N–H and O–H groups in total. The summed E-state index contributed by atoms with van der Waals surface area (Å²) in [5.41, 5.74) is 21.0. The van der Waals surface area contributed by atoms with Gasteiger partial charge in [0, 0.05) is 28.8 Å². The molecule has 51 heavy (non-hydrogen) atoms. The van der Waals surface area contributed by atoms with Crippen molar-refractivity contribution in [1.29, 1.82) is 0 Å². The fourth-order valence-electron chi connectivity index (χ4n) is 9.00. The molecule has 0 spiro atoms. The number of fused-ring (bicyclic) bond motifs is 10. The van der Waals surface area contributed by atoms with Gasteiger partial charge in [0.05, 0.1) is 11.0 Å². The molecule has 0 saturated carbocycles. The highest BCUT2D eigenvalue weighted by Crippen LogP contribution is 2.50. The number of benzene rings is 8. The summed E-state index contributed by atoms with van der Waals surface area (Å²) in [6.07, 6.45) is 0.945. The first kappa shape index (κ1) is 28.4. The topological polar surface area (TPSA) is 4.93 Å². The van der Waals surface area contributed by atoms with Gasteiger partial charge in [-0.3, -0.25) is 0 Å². The Morgan fingerprint density at radius 1 is 0.412 bits per heavy atom. The van der Waals surface area contributed by atoms with Gasteiger partial charge in [0.1, 0.15) is 0 Å². The monoisotopic (exact) mass is 647 g/mol. The molecule has 1 aromatic heterocycles. The van der Waals surface area contributed by atoms with Gasteiger partial charge < -0.3 is 4.57 Å². The Labute approximate surface area is 297 Å². The van der Waals surface area contributed by atoms with Crippen molar-refractivity contribution in [2.45, 2.75) is 12.3 Å². The predicted molar refractivity (Wildman–Crippen MR) is 213 cm³/mol. The highest BCUT2D eigenvalue weighted by Gasteiger charge is 2.30. The third-order valence-corrected chi connectivity index (χ3v) is 11.3. The lowest BCUT2D eigenvalue weighted by Gasteiger charge is -2.14. The van der Waals surface area contributed by atoms with Crippen LogP contribution in [0.25, 0.3) is 72.0 Å². The Bertz CT molecular complexity index is 2800. The Kier molecular flexibility index (Phi) is 6.15. The van der Waals surface area contributed by atoms with Crippen LogP contribution in [0.5, 0.6) is 0 Å². The average Bonchev–Trinajstić information content (AvgIpc) is 3.86. The molecule has 1 heteroatoms. The number of aromatic nitrogens is 1. The standard InChI is InChI=1S/C50H33N/c1-3-11-32(12-4-1)33-19-23-38(24-20-33)51-48-28-22-36(30-46(48)44-27-26-41-39-16-8-7-15-37(39)31-47(41)50(44)51)35-21-25-43-45(29-35)40-17-9-10-18-42(40)49(43)34-13-5-2-6-14-34/h1-30,49H,31H2. The number of nitrogens with zero attached hydrogens (tertiary/aromatic N) is 1. The molecule has 8 aromatic carbocycles. The molecular weight excluding hydrogens is 615 g/mol. The zero-order valence-electron chi connectivity index (χ0n) is 28.1. The van der Waals surface area contributed by atoms with Gasteiger partial charge in [0.2, 0.25) is 0 Å². The van der Waals surface area contributed by atoms with E-state index in [9.17, 15) is 0 Å². The number of hydrogen-bond donors (Lipinski definition) is 0. The van der Waals surface area contributed by atoms with Crippen LogP contribution in [0.1, 0.15) is 33.7 Å². The third kappa shape index (κ3) is 4.28. The predicted octanol–water partition coefficient (Wildman–Crippen LogP) is 12.8. The normalized spacial score (nSPS) is 14.0. The summed E-state index contributed by atoms with van der Waals surface area (Å²) in [4.78, 5) is 0. The third-order valence-electron chi connectivity index (χ3n) is 11.3. The molecule has 11 rings (SSSR count). The second-order valence-electron chi connectivity index (χ2n) is 14.0. The summed E-state index contributed by atoms with van der Waals surface area (Å²) >= 11 is 0. The lowest BCUT2D eigenvalue weighted by molar-refractivity contribution is 1.02. The van der Waals surface area contributed by atoms with Crippen LogP contribution in [-0.4, -0.2) is 4.57 Å². The first-order valence-corrected chi connectivity index (χ1v) is 17.9. The fourth-order valence-corrected chi connectivity index (χ4v) is 9.00. The van der Waals surface area contributed by atoms with Crippen LogP contribution in [0.4, 0.5) is 0 Å². The second kappa shape index (κ2) is 11.0. The maximum atomic E-state index is 2.51. The van der Waals surface area contributed by atoms with Gasteiger partial charge in [0.25, 0.3) is 0 Å². The van der Waals surface area contributed by atoms with Crippen LogP contribution in [0.3, 0.4) is 0 Å². The van der Waals surface area contributed by atoms with E-state index in [2.05, 4.69) is 187 Å². The summed E-state index contributed by atoms with van der Waals surface area (Å²) in [7, 11) is 0. The molecule has 9 aromatic rings. The first-order chi connectivity index (χ1) is 25.3. The second-order valence-corrected chi connectivity index (χ2v) is 14.0. The van der Waals surface area contributed by atoms with Gasteiger partial charge in [-0.2, -0.15) is 0 Å². The minimum absolute atomic E-state index is 0.256. The van der Waals surface area contributed by atoms with E-state index in [1.807, 2.05) is 0 Å². The smallest absolute Gasteiger partial charge is 0.0582 e. The van der Waals surface area contributed by atoms with Crippen LogP contribution in [0, 0.1) is 0 Å². The molecule has 1 heterocycles. The summed E-state index contributed by atoms with van der Waals surface area (Å²) in [6.45, 7) is 0. The van der Waals surface area contributed by atoms with Crippen LogP contribution in [-0.2, 0) is 6.42 Å². The van der Waals surface area contributed by atoms with E-state index in [0.717, 1.165) is 6.42 Å². The van der Waals surface area contributed by atoms with Crippen LogP contribution in [0.2, 0.25) is 0 Å². The molecule has 0 amide bonds. The Balaban J connectivity index is 1.10. The van der Waals surface area contributed by atoms with E-state index in [1.165, 1.54) is 99.8 Å². The molecule has 1 unspecified atom stereocenters. The van der Waals surface area contributed by atoms with Gasteiger partial charge in [-0.25, -0.2) is 0 Å². The van der Waals surface area contributed by atoms with E-state index in [1.54, 1.807) is 0 Å². The van der Waals surface area contributed by atoms with Crippen molar-refractivity contribution < 1.29 is 0 Å². The Hall–Kier alpha value is -6.44. The molecular formula is C50H33N. The van der Waals surface area contributed by atoms with Crippen molar-refractivity contribution >= 4 is 21.8 Å². The molecule has 0 saturated heterocycles. The van der Waals surface area contributed by atoms with E-state index < -0.39 is 0 Å². The van der Waals surface area contributed by atoms with E-state index >= 15 is 0 Å². The largest absolute Gasteiger partial charge is 0.309 e. The van der Waals surface area contributed by atoms with Gasteiger partial charge in [-0.05, 0) is 103 Å². The number of hydrogen-bond acceptors (Lipinski definition) is 0. The molecule has 0 aliphatic heterocycles. The Morgan fingerprint density at radius 2 is 1.06 bits per heavy atom. The molecule has 2 aliphatic rings. The summed E-state index contributed by atoms with van der Waals surface area (Å²) < 4.78 is 2.51. The minimum Gasteiger partial charge on any atom is -0.309 e. The van der Waals surface area contributed by atoms with Crippen LogP contribution < -0.4 is 0 Å². The fraction of sp³-hybridized carbons (Fsp3) is 0.0400. The van der Waals surface area contributed by atoms with Crippen LogP contribution in [0.15, 0.2) is 182 Å². The van der Waals surface area contributed by atoms with Crippen molar-refractivity contribution in [3.8, 4) is 50.2 Å². The zero-order chi connectivity index (χ0) is 33.5. The van der Waals surface area contributed by atoms with Crippen LogP contribution >= 0.6 is 0 Å². The average molecular weight is 648 g/mol. The van der Waals surface area contributed by atoms with Crippen molar-refractivity contribution in [1.82, 2.24) is 4.57 Å². The minimum atomic E-state index is 0.256. The molecule has 0 bridgehead atoms. The maximum Gasteiger partial charge on any atom is 0.0582 e. The lowest BCUT2D eigenvalue weighted by Crippen LogP contribution is -1.98. The van der Waals surface area contributed by atoms with E-state index in [0.29, 0.717) is 0 Å².